The van der Waals surface area contributed by atoms with Gasteiger partial charge in [0.2, 0.25) is 11.4 Å². The molecular formula is C30H41N3O6. The number of carbonyl (C=O) groups excluding carboxylic acids is 3. The first-order valence-corrected chi connectivity index (χ1v) is 13.6. The Morgan fingerprint density at radius 1 is 0.897 bits per heavy atom. The molecule has 0 atom stereocenters. The Kier molecular flexibility index (Phi) is 10.7. The van der Waals surface area contributed by atoms with Gasteiger partial charge in [-0.1, -0.05) is 36.4 Å². The van der Waals surface area contributed by atoms with Crippen LogP contribution < -0.4 is 15.0 Å². The van der Waals surface area contributed by atoms with E-state index in [1.165, 1.54) is 6.92 Å². The summed E-state index contributed by atoms with van der Waals surface area (Å²) in [7, 11) is 0. The van der Waals surface area contributed by atoms with Crippen LogP contribution in [0.1, 0.15) is 45.7 Å². The fourth-order valence-electron chi connectivity index (χ4n) is 4.80. The van der Waals surface area contributed by atoms with E-state index in [2.05, 4.69) is 21.2 Å². The highest BCUT2D eigenvalue weighted by atomic mass is 16.6. The van der Waals surface area contributed by atoms with E-state index in [4.69, 9.17) is 14.2 Å². The number of anilines is 1. The number of amides is 1. The second-order valence-electron chi connectivity index (χ2n) is 9.92. The average molecular weight is 540 g/mol. The Hall–Kier alpha value is -3.59. The summed E-state index contributed by atoms with van der Waals surface area (Å²) in [6.45, 7) is 13.0. The minimum atomic E-state index is -1.95. The fraction of sp³-hybridized carbons (Fsp3) is 0.500. The molecule has 1 fully saturated rings. The van der Waals surface area contributed by atoms with Crippen LogP contribution in [-0.2, 0) is 36.8 Å². The van der Waals surface area contributed by atoms with E-state index in [0.29, 0.717) is 0 Å². The van der Waals surface area contributed by atoms with Crippen molar-refractivity contribution in [3.8, 4) is 5.75 Å². The van der Waals surface area contributed by atoms with Gasteiger partial charge in [0.05, 0.1) is 25.0 Å². The topological polar surface area (TPSA) is 97.4 Å². The largest absolute Gasteiger partial charge is 0.489 e. The maximum Gasteiger partial charge on any atom is 0.344 e. The smallest absolute Gasteiger partial charge is 0.344 e. The molecule has 1 aliphatic heterocycles. The normalized spacial score (nSPS) is 14.2. The van der Waals surface area contributed by atoms with Gasteiger partial charge in [-0.25, -0.2) is 9.59 Å². The minimum Gasteiger partial charge on any atom is -0.489 e. The third kappa shape index (κ3) is 7.95. The van der Waals surface area contributed by atoms with Gasteiger partial charge in [0.1, 0.15) is 5.75 Å². The van der Waals surface area contributed by atoms with Gasteiger partial charge in [-0.15, -0.1) is 0 Å². The zero-order valence-electron chi connectivity index (χ0n) is 23.7. The number of esters is 2. The molecule has 39 heavy (non-hydrogen) atoms. The number of rotatable bonds is 12. The zero-order valence-corrected chi connectivity index (χ0v) is 23.7. The number of benzene rings is 2. The van der Waals surface area contributed by atoms with Crippen molar-refractivity contribution in [3.05, 3.63) is 59.7 Å². The number of para-hydroxylation sites is 2. The molecule has 0 bridgehead atoms. The second kappa shape index (κ2) is 14.0. The quantitative estimate of drug-likeness (QED) is 0.324. The predicted octanol–water partition coefficient (Wildman–Crippen LogP) is 3.34. The lowest BCUT2D eigenvalue weighted by molar-refractivity contribution is -0.168. The predicted molar refractivity (Wildman–Crippen MR) is 150 cm³/mol. The van der Waals surface area contributed by atoms with Crippen molar-refractivity contribution >= 4 is 23.5 Å². The molecule has 9 nitrogen and oxygen atoms in total. The van der Waals surface area contributed by atoms with Crippen LogP contribution in [0.5, 0.6) is 5.75 Å². The van der Waals surface area contributed by atoms with Crippen LogP contribution in [-0.4, -0.2) is 73.8 Å². The molecule has 1 saturated heterocycles. The van der Waals surface area contributed by atoms with E-state index in [9.17, 15) is 14.4 Å². The standard InChI is InChI=1S/C30H41N3O6/c1-6-37-28(35)30(31-23(5)34,29(36)38-7-2)20-24-11-10-12-25(19-24)21-32-15-17-33(18-16-32)26-13-8-9-14-27(26)39-22(3)4/h8-14,19,22H,6-7,15-18,20-21H2,1-5H3,(H,31,34). The molecule has 1 N–H and O–H groups in total. The maximum atomic E-state index is 13.0. The van der Waals surface area contributed by atoms with Crippen LogP contribution in [0.25, 0.3) is 0 Å². The summed E-state index contributed by atoms with van der Waals surface area (Å²) in [5.74, 6) is -1.28. The first-order valence-electron chi connectivity index (χ1n) is 13.6. The average Bonchev–Trinajstić information content (AvgIpc) is 2.89. The SMILES string of the molecule is CCOC(=O)C(Cc1cccc(CN2CCN(c3ccccc3OC(C)C)CC2)c1)(NC(C)=O)C(=O)OCC. The van der Waals surface area contributed by atoms with Gasteiger partial charge in [0.25, 0.3) is 0 Å². The molecule has 3 rings (SSSR count). The fourth-order valence-corrected chi connectivity index (χ4v) is 4.80. The molecule has 212 valence electrons. The number of hydrogen-bond donors (Lipinski definition) is 1. The summed E-state index contributed by atoms with van der Waals surface area (Å²) in [5.41, 5.74) is 0.933. The van der Waals surface area contributed by atoms with Gasteiger partial charge >= 0.3 is 11.9 Å². The minimum absolute atomic E-state index is 0.0691. The molecule has 0 radical (unpaired) electrons. The van der Waals surface area contributed by atoms with Crippen LogP contribution in [0.4, 0.5) is 5.69 Å². The molecule has 1 heterocycles. The second-order valence-corrected chi connectivity index (χ2v) is 9.92. The van der Waals surface area contributed by atoms with Crippen molar-refractivity contribution in [2.45, 2.75) is 59.2 Å². The number of ether oxygens (including phenoxy) is 3. The highest BCUT2D eigenvalue weighted by Crippen LogP contribution is 2.30. The number of hydrogen-bond acceptors (Lipinski definition) is 8. The third-order valence-corrected chi connectivity index (χ3v) is 6.44. The van der Waals surface area contributed by atoms with E-state index in [1.807, 2.05) is 56.3 Å². The molecule has 2 aromatic rings. The van der Waals surface area contributed by atoms with E-state index in [0.717, 1.165) is 55.3 Å². The Labute approximate surface area is 231 Å². The van der Waals surface area contributed by atoms with Crippen molar-refractivity contribution in [1.82, 2.24) is 10.2 Å². The summed E-state index contributed by atoms with van der Waals surface area (Å²) in [6, 6.07) is 15.9. The van der Waals surface area contributed by atoms with Gasteiger partial charge < -0.3 is 24.4 Å². The number of piperazine rings is 1. The summed E-state index contributed by atoms with van der Waals surface area (Å²) in [6.07, 6.45) is 0.0372. The summed E-state index contributed by atoms with van der Waals surface area (Å²) < 4.78 is 16.4. The van der Waals surface area contributed by atoms with E-state index in [-0.39, 0.29) is 25.7 Å². The lowest BCUT2D eigenvalue weighted by Gasteiger charge is -2.37. The lowest BCUT2D eigenvalue weighted by Crippen LogP contribution is -2.62. The number of nitrogens with one attached hydrogen (secondary N) is 1. The highest BCUT2D eigenvalue weighted by molar-refractivity contribution is 6.08. The van der Waals surface area contributed by atoms with Gasteiger partial charge in [0.15, 0.2) is 0 Å². The Bertz CT molecular complexity index is 1110. The lowest BCUT2D eigenvalue weighted by atomic mass is 9.89. The zero-order chi connectivity index (χ0) is 28.4. The first kappa shape index (κ1) is 30.0. The van der Waals surface area contributed by atoms with Crippen LogP contribution in [0.3, 0.4) is 0 Å². The Morgan fingerprint density at radius 3 is 2.10 bits per heavy atom. The summed E-state index contributed by atoms with van der Waals surface area (Å²) in [5, 5.41) is 2.53. The van der Waals surface area contributed by atoms with Crippen LogP contribution in [0.15, 0.2) is 48.5 Å². The van der Waals surface area contributed by atoms with Crippen LogP contribution in [0, 0.1) is 0 Å². The number of nitrogens with zero attached hydrogens (tertiary/aromatic N) is 2. The van der Waals surface area contributed by atoms with E-state index < -0.39 is 23.4 Å². The Morgan fingerprint density at radius 2 is 1.51 bits per heavy atom. The molecular weight excluding hydrogens is 498 g/mol. The van der Waals surface area contributed by atoms with E-state index >= 15 is 0 Å². The van der Waals surface area contributed by atoms with Crippen LogP contribution in [0.2, 0.25) is 0 Å². The van der Waals surface area contributed by atoms with E-state index in [1.54, 1.807) is 13.8 Å². The highest BCUT2D eigenvalue weighted by Gasteiger charge is 2.50. The first-order chi connectivity index (χ1) is 18.7. The van der Waals surface area contributed by atoms with Gasteiger partial charge in [-0.3, -0.25) is 9.69 Å². The molecule has 0 saturated carbocycles. The number of carbonyl (C=O) groups is 3. The van der Waals surface area contributed by atoms with Crippen molar-refractivity contribution < 1.29 is 28.6 Å². The van der Waals surface area contributed by atoms with Crippen molar-refractivity contribution in [2.75, 3.05) is 44.3 Å². The van der Waals surface area contributed by atoms with Gasteiger partial charge in [-0.05, 0) is 51.0 Å². The molecule has 0 aromatic heterocycles. The molecule has 9 heteroatoms. The molecule has 0 unspecified atom stereocenters. The summed E-state index contributed by atoms with van der Waals surface area (Å²) in [4.78, 5) is 42.8. The molecule has 2 aromatic carbocycles. The summed E-state index contributed by atoms with van der Waals surface area (Å²) >= 11 is 0. The maximum absolute atomic E-state index is 13.0. The van der Waals surface area contributed by atoms with Crippen molar-refractivity contribution in [1.29, 1.82) is 0 Å². The third-order valence-electron chi connectivity index (χ3n) is 6.44. The van der Waals surface area contributed by atoms with Crippen molar-refractivity contribution in [3.63, 3.8) is 0 Å². The Balaban J connectivity index is 1.72. The molecule has 1 amide bonds. The molecule has 1 aliphatic rings. The van der Waals surface area contributed by atoms with Crippen LogP contribution >= 0.6 is 0 Å². The van der Waals surface area contributed by atoms with Gasteiger partial charge in [0, 0.05) is 46.1 Å². The van der Waals surface area contributed by atoms with Gasteiger partial charge in [-0.2, -0.15) is 0 Å². The molecule has 0 aliphatic carbocycles. The monoisotopic (exact) mass is 539 g/mol. The molecule has 0 spiro atoms. The van der Waals surface area contributed by atoms with Crippen molar-refractivity contribution in [2.24, 2.45) is 0 Å².